The molecule has 0 spiro atoms. The van der Waals surface area contributed by atoms with Crippen LogP contribution in [0.4, 0.5) is 4.79 Å². The monoisotopic (exact) mass is 466 g/mol. The predicted molar refractivity (Wildman–Crippen MR) is 120 cm³/mol. The Kier molecular flexibility index (Phi) is 9.05. The lowest BCUT2D eigenvalue weighted by molar-refractivity contribution is -0.118. The molecule has 2 aromatic rings. The van der Waals surface area contributed by atoms with Crippen LogP contribution in [0, 0.1) is 6.92 Å². The first kappa shape index (κ1) is 24.9. The van der Waals surface area contributed by atoms with Crippen molar-refractivity contribution in [2.75, 3.05) is 6.61 Å². The number of nitrogens with one attached hydrogen (secondary N) is 1. The minimum atomic E-state index is -4.16. The third kappa shape index (κ3) is 7.98. The Bertz CT molecular complexity index is 992. The summed E-state index contributed by atoms with van der Waals surface area (Å²) in [6.45, 7) is 5.86. The van der Waals surface area contributed by atoms with Gasteiger partial charge in [0.1, 0.15) is 18.5 Å². The zero-order chi connectivity index (χ0) is 23.0. The number of amides is 2. The normalized spacial score (nSPS) is 16.8. The van der Waals surface area contributed by atoms with Crippen LogP contribution in [0.1, 0.15) is 36.6 Å². The van der Waals surface area contributed by atoms with Crippen LogP contribution in [-0.4, -0.2) is 31.4 Å². The van der Waals surface area contributed by atoms with Crippen molar-refractivity contribution in [2.24, 2.45) is 5.14 Å². The smallest absolute Gasteiger partial charge is 0.333 e. The van der Waals surface area contributed by atoms with Gasteiger partial charge in [0.2, 0.25) is 5.91 Å². The van der Waals surface area contributed by atoms with E-state index in [2.05, 4.69) is 5.32 Å². The highest BCUT2D eigenvalue weighted by molar-refractivity contribution is 8.15. The van der Waals surface area contributed by atoms with Crippen molar-refractivity contribution in [2.45, 2.75) is 38.5 Å². The number of carbonyl (C=O) groups excluding carboxylic acids is 2. The van der Waals surface area contributed by atoms with Gasteiger partial charge in [-0.25, -0.2) is 9.32 Å². The SMILES string of the molecule is CC.Cc1ccc(C(COc2ccc(CC3SC(=O)NC3=O)cc2)OS(N)(=O)=O)cc1. The number of benzene rings is 2. The van der Waals surface area contributed by atoms with E-state index < -0.39 is 21.7 Å². The third-order valence-electron chi connectivity index (χ3n) is 4.21. The minimum Gasteiger partial charge on any atom is -0.490 e. The molecule has 2 aromatic carbocycles. The molecule has 2 atom stereocenters. The fourth-order valence-electron chi connectivity index (χ4n) is 2.76. The maximum Gasteiger partial charge on any atom is 0.333 e. The van der Waals surface area contributed by atoms with Crippen LogP contribution in [0.15, 0.2) is 48.5 Å². The number of hydrogen-bond donors (Lipinski definition) is 2. The topological polar surface area (TPSA) is 125 Å². The van der Waals surface area contributed by atoms with Crippen LogP contribution in [0.2, 0.25) is 0 Å². The summed E-state index contributed by atoms with van der Waals surface area (Å²) in [6.07, 6.45) is -0.474. The molecule has 10 heteroatoms. The molecule has 0 aliphatic carbocycles. The molecular formula is C21H26N2O6S2. The molecule has 8 nitrogen and oxygen atoms in total. The van der Waals surface area contributed by atoms with E-state index in [1.54, 1.807) is 36.4 Å². The highest BCUT2D eigenvalue weighted by atomic mass is 32.2. The van der Waals surface area contributed by atoms with E-state index in [9.17, 15) is 18.0 Å². The largest absolute Gasteiger partial charge is 0.490 e. The number of imide groups is 1. The van der Waals surface area contributed by atoms with Crippen molar-refractivity contribution in [3.05, 3.63) is 65.2 Å². The van der Waals surface area contributed by atoms with Crippen LogP contribution in [0.3, 0.4) is 0 Å². The number of thioether (sulfide) groups is 1. The lowest BCUT2D eigenvalue weighted by atomic mass is 10.1. The number of nitrogens with two attached hydrogens (primary N) is 1. The van der Waals surface area contributed by atoms with Gasteiger partial charge >= 0.3 is 10.3 Å². The Balaban J connectivity index is 0.00000166. The maximum atomic E-state index is 11.7. The molecule has 1 aliphatic heterocycles. The Labute approximate surface area is 186 Å². The highest BCUT2D eigenvalue weighted by Crippen LogP contribution is 2.25. The molecule has 2 unspecified atom stereocenters. The predicted octanol–water partition coefficient (Wildman–Crippen LogP) is 3.26. The molecule has 168 valence electrons. The fraction of sp³-hybridized carbons (Fsp3) is 0.333. The van der Waals surface area contributed by atoms with Crippen molar-refractivity contribution >= 4 is 33.2 Å². The summed E-state index contributed by atoms with van der Waals surface area (Å²) in [5, 5.41) is 6.51. The van der Waals surface area contributed by atoms with Gasteiger partial charge in [-0.2, -0.15) is 8.42 Å². The second kappa shape index (κ2) is 11.3. The molecular weight excluding hydrogens is 440 g/mol. The zero-order valence-corrected chi connectivity index (χ0v) is 19.2. The van der Waals surface area contributed by atoms with E-state index in [0.29, 0.717) is 17.7 Å². The molecule has 0 aromatic heterocycles. The van der Waals surface area contributed by atoms with Crippen molar-refractivity contribution in [3.63, 3.8) is 0 Å². The second-order valence-corrected chi connectivity index (χ2v) is 8.88. The van der Waals surface area contributed by atoms with Crippen molar-refractivity contribution in [3.8, 4) is 5.75 Å². The van der Waals surface area contributed by atoms with Crippen LogP contribution < -0.4 is 15.2 Å². The van der Waals surface area contributed by atoms with Gasteiger partial charge in [0, 0.05) is 0 Å². The van der Waals surface area contributed by atoms with Gasteiger partial charge in [0.15, 0.2) is 0 Å². The summed E-state index contributed by atoms with van der Waals surface area (Å²) in [6, 6.07) is 14.2. The molecule has 0 bridgehead atoms. The summed E-state index contributed by atoms with van der Waals surface area (Å²) in [5.74, 6) is 0.213. The van der Waals surface area contributed by atoms with Crippen molar-refractivity contribution in [1.82, 2.24) is 5.32 Å². The van der Waals surface area contributed by atoms with Gasteiger partial charge in [0.25, 0.3) is 5.24 Å². The van der Waals surface area contributed by atoms with Crippen LogP contribution in [-0.2, 0) is 25.7 Å². The lowest BCUT2D eigenvalue weighted by Gasteiger charge is -2.18. The Morgan fingerprint density at radius 3 is 2.19 bits per heavy atom. The van der Waals surface area contributed by atoms with Crippen LogP contribution >= 0.6 is 11.8 Å². The summed E-state index contributed by atoms with van der Waals surface area (Å²) in [5.41, 5.74) is 2.51. The van der Waals surface area contributed by atoms with Gasteiger partial charge in [-0.05, 0) is 36.6 Å². The average Bonchev–Trinajstić information content (AvgIpc) is 3.04. The molecule has 31 heavy (non-hydrogen) atoms. The molecule has 3 N–H and O–H groups in total. The lowest BCUT2D eigenvalue weighted by Crippen LogP contribution is -2.25. The number of rotatable bonds is 8. The van der Waals surface area contributed by atoms with Gasteiger partial charge in [-0.3, -0.25) is 14.9 Å². The first-order valence-electron chi connectivity index (χ1n) is 9.70. The van der Waals surface area contributed by atoms with Gasteiger partial charge in [-0.1, -0.05) is 67.6 Å². The Morgan fingerprint density at radius 2 is 1.68 bits per heavy atom. The average molecular weight is 467 g/mol. The number of aryl methyl sites for hydroxylation is 1. The van der Waals surface area contributed by atoms with E-state index in [1.807, 2.05) is 32.9 Å². The van der Waals surface area contributed by atoms with Crippen molar-refractivity contribution in [1.29, 1.82) is 0 Å². The second-order valence-electron chi connectivity index (χ2n) is 6.53. The van der Waals surface area contributed by atoms with E-state index in [4.69, 9.17) is 14.1 Å². The molecule has 3 rings (SSSR count). The quantitative estimate of drug-likeness (QED) is 0.612. The van der Waals surface area contributed by atoms with E-state index in [1.165, 1.54) is 0 Å². The van der Waals surface area contributed by atoms with E-state index in [0.717, 1.165) is 22.9 Å². The summed E-state index contributed by atoms with van der Waals surface area (Å²) >= 11 is 0.975. The molecule has 1 heterocycles. The maximum absolute atomic E-state index is 11.7. The van der Waals surface area contributed by atoms with Crippen molar-refractivity contribution < 1.29 is 26.9 Å². The molecule has 1 aliphatic rings. The summed E-state index contributed by atoms with van der Waals surface area (Å²) in [4.78, 5) is 22.9. The van der Waals surface area contributed by atoms with E-state index >= 15 is 0 Å². The van der Waals surface area contributed by atoms with Gasteiger partial charge in [0.05, 0.1) is 5.25 Å². The van der Waals surface area contributed by atoms with E-state index in [-0.39, 0.29) is 17.8 Å². The minimum absolute atomic E-state index is 0.0613. The highest BCUT2D eigenvalue weighted by Gasteiger charge is 2.31. The standard InChI is InChI=1S/C19H20N2O6S2.C2H6/c1-12-2-6-14(7-3-12)16(27-29(20,24)25)11-26-15-8-4-13(5-9-15)10-17-18(22)21-19(23)28-17;1-2/h2-9,16-17H,10-11H2,1H3,(H2,20,24,25)(H,21,22,23);1-2H3. The molecule has 2 amide bonds. The van der Waals surface area contributed by atoms with Crippen LogP contribution in [0.25, 0.3) is 0 Å². The number of hydrogen-bond acceptors (Lipinski definition) is 7. The molecule has 1 fully saturated rings. The first-order chi connectivity index (χ1) is 14.7. The Morgan fingerprint density at radius 1 is 1.06 bits per heavy atom. The molecule has 1 saturated heterocycles. The van der Waals surface area contributed by atoms with Gasteiger partial charge < -0.3 is 4.74 Å². The zero-order valence-electron chi connectivity index (χ0n) is 17.5. The summed E-state index contributed by atoms with van der Waals surface area (Å²) in [7, 11) is -4.16. The Hall–Kier alpha value is -2.40. The molecule has 0 radical (unpaired) electrons. The number of carbonyl (C=O) groups is 2. The first-order valence-corrected chi connectivity index (χ1v) is 12.1. The molecule has 0 saturated carbocycles. The number of ether oxygens (including phenoxy) is 1. The third-order valence-corrected chi connectivity index (χ3v) is 5.69. The summed E-state index contributed by atoms with van der Waals surface area (Å²) < 4.78 is 33.4. The van der Waals surface area contributed by atoms with Crippen LogP contribution in [0.5, 0.6) is 5.75 Å². The fourth-order valence-corrected chi connectivity index (χ4v) is 4.11. The van der Waals surface area contributed by atoms with Gasteiger partial charge in [-0.15, -0.1) is 0 Å².